The van der Waals surface area contributed by atoms with Crippen molar-refractivity contribution in [3.05, 3.63) is 24.1 Å². The molecule has 0 bridgehead atoms. The molecule has 7 heteroatoms. The lowest BCUT2D eigenvalue weighted by molar-refractivity contribution is 0.230. The van der Waals surface area contributed by atoms with Crippen molar-refractivity contribution < 1.29 is 12.8 Å². The molecule has 1 saturated heterocycles. The summed E-state index contributed by atoms with van der Waals surface area (Å²) in [4.78, 5) is 5.94. The van der Waals surface area contributed by atoms with Crippen LogP contribution in [0.4, 0.5) is 10.2 Å². The van der Waals surface area contributed by atoms with E-state index in [4.69, 9.17) is 0 Å². The molecule has 0 unspecified atom stereocenters. The lowest BCUT2D eigenvalue weighted by Gasteiger charge is -2.32. The molecule has 2 heterocycles. The van der Waals surface area contributed by atoms with Gasteiger partial charge in [0.25, 0.3) is 0 Å². The third-order valence-electron chi connectivity index (χ3n) is 3.43. The summed E-state index contributed by atoms with van der Waals surface area (Å²) in [7, 11) is -2.90. The summed E-state index contributed by atoms with van der Waals surface area (Å²) in [6.07, 6.45) is 3.07. The SMILES string of the molecule is CS(=O)(=O)CCN1CCC(Nc2cccc(F)n2)CC1. The number of piperidine rings is 1. The van der Waals surface area contributed by atoms with Crippen molar-refractivity contribution >= 4 is 15.7 Å². The maximum Gasteiger partial charge on any atom is 0.214 e. The van der Waals surface area contributed by atoms with Crippen LogP contribution in [0.1, 0.15) is 12.8 Å². The van der Waals surface area contributed by atoms with Gasteiger partial charge in [0.05, 0.1) is 5.75 Å². The molecule has 0 radical (unpaired) electrons. The minimum atomic E-state index is -2.90. The molecule has 0 atom stereocenters. The third kappa shape index (κ3) is 5.05. The zero-order chi connectivity index (χ0) is 14.6. The van der Waals surface area contributed by atoms with Crippen LogP contribution in [0, 0.1) is 5.95 Å². The van der Waals surface area contributed by atoms with Gasteiger partial charge in [-0.05, 0) is 25.0 Å². The number of hydrogen-bond acceptors (Lipinski definition) is 5. The van der Waals surface area contributed by atoms with E-state index >= 15 is 0 Å². The third-order valence-corrected chi connectivity index (χ3v) is 4.36. The van der Waals surface area contributed by atoms with Gasteiger partial charge in [0.1, 0.15) is 15.7 Å². The quantitative estimate of drug-likeness (QED) is 0.826. The minimum Gasteiger partial charge on any atom is -0.367 e. The molecular formula is C13H20FN3O2S. The van der Waals surface area contributed by atoms with E-state index in [1.165, 1.54) is 12.3 Å². The van der Waals surface area contributed by atoms with Gasteiger partial charge in [0.15, 0.2) is 0 Å². The van der Waals surface area contributed by atoms with Crippen molar-refractivity contribution in [3.63, 3.8) is 0 Å². The van der Waals surface area contributed by atoms with Gasteiger partial charge in [0.2, 0.25) is 5.95 Å². The van der Waals surface area contributed by atoms with Crippen LogP contribution in [0.2, 0.25) is 0 Å². The van der Waals surface area contributed by atoms with Crippen LogP contribution in [0.3, 0.4) is 0 Å². The van der Waals surface area contributed by atoms with E-state index < -0.39 is 15.8 Å². The molecule has 112 valence electrons. The minimum absolute atomic E-state index is 0.205. The summed E-state index contributed by atoms with van der Waals surface area (Å²) in [6, 6.07) is 4.96. The van der Waals surface area contributed by atoms with Crippen molar-refractivity contribution in [1.82, 2.24) is 9.88 Å². The standard InChI is InChI=1S/C13H20FN3O2S/c1-20(18,19)10-9-17-7-5-11(6-8-17)15-13-4-2-3-12(14)16-13/h2-4,11H,5-10H2,1H3,(H,15,16). The van der Waals surface area contributed by atoms with E-state index in [2.05, 4.69) is 15.2 Å². The van der Waals surface area contributed by atoms with E-state index in [9.17, 15) is 12.8 Å². The number of nitrogens with zero attached hydrogens (tertiary/aromatic N) is 2. The van der Waals surface area contributed by atoms with Crippen molar-refractivity contribution in [2.45, 2.75) is 18.9 Å². The van der Waals surface area contributed by atoms with Crippen molar-refractivity contribution in [3.8, 4) is 0 Å². The number of nitrogens with one attached hydrogen (secondary N) is 1. The lowest BCUT2D eigenvalue weighted by atomic mass is 10.1. The second-order valence-electron chi connectivity index (χ2n) is 5.24. The molecule has 1 aromatic rings. The van der Waals surface area contributed by atoms with Gasteiger partial charge in [-0.15, -0.1) is 0 Å². The van der Waals surface area contributed by atoms with Gasteiger partial charge < -0.3 is 10.2 Å². The molecule has 1 fully saturated rings. The van der Waals surface area contributed by atoms with Gasteiger partial charge in [-0.1, -0.05) is 6.07 Å². The highest BCUT2D eigenvalue weighted by Crippen LogP contribution is 2.15. The Morgan fingerprint density at radius 3 is 2.70 bits per heavy atom. The summed E-state index contributed by atoms with van der Waals surface area (Å²) in [5, 5.41) is 3.22. The Labute approximate surface area is 119 Å². The predicted octanol–water partition coefficient (Wildman–Crippen LogP) is 1.14. The molecule has 20 heavy (non-hydrogen) atoms. The van der Waals surface area contributed by atoms with Crippen LogP contribution in [0.5, 0.6) is 0 Å². The number of likely N-dealkylation sites (tertiary alicyclic amines) is 1. The van der Waals surface area contributed by atoms with Gasteiger partial charge >= 0.3 is 0 Å². The number of anilines is 1. The molecule has 1 aliphatic rings. The van der Waals surface area contributed by atoms with E-state index in [0.29, 0.717) is 12.4 Å². The van der Waals surface area contributed by atoms with Crippen molar-refractivity contribution in [1.29, 1.82) is 0 Å². The highest BCUT2D eigenvalue weighted by molar-refractivity contribution is 7.90. The smallest absolute Gasteiger partial charge is 0.214 e. The largest absolute Gasteiger partial charge is 0.367 e. The van der Waals surface area contributed by atoms with E-state index in [1.807, 2.05) is 0 Å². The fourth-order valence-electron chi connectivity index (χ4n) is 2.29. The highest BCUT2D eigenvalue weighted by Gasteiger charge is 2.20. The van der Waals surface area contributed by atoms with E-state index in [0.717, 1.165) is 25.9 Å². The summed E-state index contributed by atoms with van der Waals surface area (Å²) in [5.41, 5.74) is 0. The molecule has 1 N–H and O–H groups in total. The predicted molar refractivity (Wildman–Crippen MR) is 77.0 cm³/mol. The van der Waals surface area contributed by atoms with Gasteiger partial charge in [0, 0.05) is 31.9 Å². The Bertz CT molecular complexity index is 542. The van der Waals surface area contributed by atoms with E-state index in [-0.39, 0.29) is 11.8 Å². The molecule has 1 aliphatic heterocycles. The maximum atomic E-state index is 13.0. The molecular weight excluding hydrogens is 281 g/mol. The number of hydrogen-bond donors (Lipinski definition) is 1. The normalized spacial score (nSPS) is 18.1. The number of rotatable bonds is 5. The van der Waals surface area contributed by atoms with Gasteiger partial charge in [-0.2, -0.15) is 4.39 Å². The summed E-state index contributed by atoms with van der Waals surface area (Å²) in [5.74, 6) is 0.275. The number of sulfone groups is 1. The van der Waals surface area contributed by atoms with E-state index in [1.54, 1.807) is 12.1 Å². The second-order valence-corrected chi connectivity index (χ2v) is 7.50. The second kappa shape index (κ2) is 6.49. The number of pyridine rings is 1. The topological polar surface area (TPSA) is 62.3 Å². The molecule has 0 spiro atoms. The maximum absolute atomic E-state index is 13.0. The molecule has 0 amide bonds. The van der Waals surface area contributed by atoms with Crippen molar-refractivity contribution in [2.75, 3.05) is 37.0 Å². The average Bonchev–Trinajstić information content (AvgIpc) is 2.37. The molecule has 5 nitrogen and oxygen atoms in total. The Morgan fingerprint density at radius 2 is 2.10 bits per heavy atom. The van der Waals surface area contributed by atoms with Crippen LogP contribution < -0.4 is 5.32 Å². The van der Waals surface area contributed by atoms with Crippen LogP contribution in [0.25, 0.3) is 0 Å². The van der Waals surface area contributed by atoms with Crippen LogP contribution in [-0.2, 0) is 9.84 Å². The Hall–Kier alpha value is -1.21. The number of halogens is 1. The Morgan fingerprint density at radius 1 is 1.40 bits per heavy atom. The molecule has 1 aromatic heterocycles. The first-order valence-electron chi connectivity index (χ1n) is 6.71. The summed E-state index contributed by atoms with van der Waals surface area (Å²) < 4.78 is 35.2. The first-order valence-corrected chi connectivity index (χ1v) is 8.77. The highest BCUT2D eigenvalue weighted by atomic mass is 32.2. The van der Waals surface area contributed by atoms with Crippen LogP contribution >= 0.6 is 0 Å². The first-order chi connectivity index (χ1) is 9.42. The summed E-state index contributed by atoms with van der Waals surface area (Å²) in [6.45, 7) is 2.29. The Kier molecular flexibility index (Phi) is 4.93. The van der Waals surface area contributed by atoms with Crippen LogP contribution in [-0.4, -0.2) is 56.0 Å². The van der Waals surface area contributed by atoms with Crippen LogP contribution in [0.15, 0.2) is 18.2 Å². The number of aromatic nitrogens is 1. The average molecular weight is 301 g/mol. The molecule has 0 aliphatic carbocycles. The zero-order valence-electron chi connectivity index (χ0n) is 11.5. The fraction of sp³-hybridized carbons (Fsp3) is 0.615. The van der Waals surface area contributed by atoms with Gasteiger partial charge in [-0.3, -0.25) is 0 Å². The zero-order valence-corrected chi connectivity index (χ0v) is 12.4. The monoisotopic (exact) mass is 301 g/mol. The molecule has 0 aromatic carbocycles. The van der Waals surface area contributed by atoms with Crippen molar-refractivity contribution in [2.24, 2.45) is 0 Å². The summed E-state index contributed by atoms with van der Waals surface area (Å²) >= 11 is 0. The van der Waals surface area contributed by atoms with Gasteiger partial charge in [-0.25, -0.2) is 13.4 Å². The molecule has 2 rings (SSSR count). The molecule has 0 saturated carbocycles. The first kappa shape index (κ1) is 15.2. The lowest BCUT2D eigenvalue weighted by Crippen LogP contribution is -2.41. The Balaban J connectivity index is 1.77. The fourth-order valence-corrected chi connectivity index (χ4v) is 2.88.